The standard InChI is InChI=1S/C27H34N8O4S/c1-17-11-20(17)14-35(15-23-31-29-16-38-23)22-12-21(18(2)24(30-22)34(4)40(5,36)37)25-32-33-26(39-25)27(3,28)13-19-9-7-6-8-10-19/h6-10,12,16-17,20H,11,13-15,28H2,1-5H3/t17?,20?,27-/m1/s1. The molecule has 3 atom stereocenters. The average Bonchev–Trinajstić information content (AvgIpc) is 3.30. The summed E-state index contributed by atoms with van der Waals surface area (Å²) in [6, 6.07) is 11.7. The number of anilines is 2. The Kier molecular flexibility index (Phi) is 7.36. The van der Waals surface area contributed by atoms with E-state index < -0.39 is 15.6 Å². The summed E-state index contributed by atoms with van der Waals surface area (Å²) in [4.78, 5) is 6.81. The Morgan fingerprint density at radius 1 is 1.18 bits per heavy atom. The molecule has 5 rings (SSSR count). The van der Waals surface area contributed by atoms with Gasteiger partial charge in [-0.1, -0.05) is 37.3 Å². The van der Waals surface area contributed by atoms with Gasteiger partial charge in [-0.3, -0.25) is 4.31 Å². The third-order valence-electron chi connectivity index (χ3n) is 7.37. The molecule has 0 amide bonds. The number of pyridine rings is 1. The molecule has 3 heterocycles. The van der Waals surface area contributed by atoms with Crippen LogP contribution in [0, 0.1) is 18.8 Å². The summed E-state index contributed by atoms with van der Waals surface area (Å²) in [7, 11) is -2.15. The molecule has 0 aliphatic heterocycles. The van der Waals surface area contributed by atoms with Crippen molar-refractivity contribution in [3.8, 4) is 11.5 Å². The van der Waals surface area contributed by atoms with Gasteiger partial charge in [0.15, 0.2) is 0 Å². The lowest BCUT2D eigenvalue weighted by Crippen LogP contribution is -2.35. The average molecular weight is 567 g/mol. The third-order valence-corrected chi connectivity index (χ3v) is 8.54. The van der Waals surface area contributed by atoms with E-state index in [1.165, 1.54) is 13.4 Å². The molecule has 1 saturated carbocycles. The van der Waals surface area contributed by atoms with Crippen molar-refractivity contribution in [1.29, 1.82) is 0 Å². The summed E-state index contributed by atoms with van der Waals surface area (Å²) in [5.74, 6) is 2.76. The monoisotopic (exact) mass is 566 g/mol. The van der Waals surface area contributed by atoms with Crippen molar-refractivity contribution < 1.29 is 17.3 Å². The fourth-order valence-electron chi connectivity index (χ4n) is 4.69. The molecule has 1 fully saturated rings. The second-order valence-electron chi connectivity index (χ2n) is 10.9. The molecule has 0 radical (unpaired) electrons. The zero-order valence-corrected chi connectivity index (χ0v) is 24.1. The maximum atomic E-state index is 12.6. The van der Waals surface area contributed by atoms with Gasteiger partial charge in [0, 0.05) is 24.7 Å². The summed E-state index contributed by atoms with van der Waals surface area (Å²) < 4.78 is 37.9. The van der Waals surface area contributed by atoms with E-state index in [0.29, 0.717) is 54.2 Å². The van der Waals surface area contributed by atoms with Gasteiger partial charge in [-0.15, -0.1) is 20.4 Å². The van der Waals surface area contributed by atoms with Gasteiger partial charge in [-0.2, -0.15) is 0 Å². The molecule has 0 saturated heterocycles. The van der Waals surface area contributed by atoms with Gasteiger partial charge in [0.1, 0.15) is 11.6 Å². The Bertz CT molecular complexity index is 1570. The molecule has 3 aromatic heterocycles. The maximum absolute atomic E-state index is 12.6. The summed E-state index contributed by atoms with van der Waals surface area (Å²) in [6.07, 6.45) is 4.01. The van der Waals surface area contributed by atoms with Gasteiger partial charge in [-0.05, 0) is 50.2 Å². The SMILES string of the molecule is Cc1c(-c2nnc([C@](C)(N)Cc3ccccc3)o2)cc(N(Cc2nnco2)CC2CC2C)nc1N(C)S(C)(=O)=O. The van der Waals surface area contributed by atoms with Crippen molar-refractivity contribution >= 4 is 21.7 Å². The number of nitrogens with zero attached hydrogens (tertiary/aromatic N) is 7. The first-order valence-electron chi connectivity index (χ1n) is 13.0. The van der Waals surface area contributed by atoms with Crippen LogP contribution in [-0.4, -0.2) is 53.6 Å². The van der Waals surface area contributed by atoms with Crippen LogP contribution >= 0.6 is 0 Å². The van der Waals surface area contributed by atoms with E-state index in [1.807, 2.05) is 48.2 Å². The van der Waals surface area contributed by atoms with Gasteiger partial charge < -0.3 is 19.5 Å². The Morgan fingerprint density at radius 2 is 1.90 bits per heavy atom. The lowest BCUT2D eigenvalue weighted by molar-refractivity contribution is 0.355. The fraction of sp³-hybridized carbons (Fsp3) is 0.444. The predicted octanol–water partition coefficient (Wildman–Crippen LogP) is 3.30. The third kappa shape index (κ3) is 5.99. The van der Waals surface area contributed by atoms with E-state index in [-0.39, 0.29) is 17.6 Å². The Hall–Kier alpha value is -3.84. The molecular formula is C27H34N8O4S. The van der Waals surface area contributed by atoms with Crippen LogP contribution in [0.5, 0.6) is 0 Å². The number of rotatable bonds is 11. The number of hydrogen-bond donors (Lipinski definition) is 1. The second-order valence-corrected chi connectivity index (χ2v) is 12.9. The zero-order valence-electron chi connectivity index (χ0n) is 23.3. The summed E-state index contributed by atoms with van der Waals surface area (Å²) >= 11 is 0. The van der Waals surface area contributed by atoms with Gasteiger partial charge in [0.25, 0.3) is 0 Å². The Labute approximate surface area is 233 Å². The minimum absolute atomic E-state index is 0.224. The Morgan fingerprint density at radius 3 is 2.52 bits per heavy atom. The predicted molar refractivity (Wildman–Crippen MR) is 150 cm³/mol. The van der Waals surface area contributed by atoms with Crippen molar-refractivity contribution in [2.24, 2.45) is 17.6 Å². The van der Waals surface area contributed by atoms with Crippen LogP contribution in [-0.2, 0) is 28.5 Å². The van der Waals surface area contributed by atoms with Crippen molar-refractivity contribution in [2.75, 3.05) is 29.1 Å². The van der Waals surface area contributed by atoms with E-state index in [1.54, 1.807) is 6.92 Å². The second kappa shape index (κ2) is 10.6. The van der Waals surface area contributed by atoms with Gasteiger partial charge in [-0.25, -0.2) is 13.4 Å². The van der Waals surface area contributed by atoms with Crippen molar-refractivity contribution in [3.05, 3.63) is 65.7 Å². The van der Waals surface area contributed by atoms with Crippen molar-refractivity contribution in [3.63, 3.8) is 0 Å². The highest BCUT2D eigenvalue weighted by Crippen LogP contribution is 2.40. The first kappa shape index (κ1) is 27.7. The smallest absolute Gasteiger partial charge is 0.248 e. The van der Waals surface area contributed by atoms with Gasteiger partial charge in [0.2, 0.25) is 34.1 Å². The van der Waals surface area contributed by atoms with Crippen LogP contribution in [0.2, 0.25) is 0 Å². The zero-order chi connectivity index (χ0) is 28.7. The number of sulfonamides is 1. The molecule has 13 heteroatoms. The highest BCUT2D eigenvalue weighted by molar-refractivity contribution is 7.92. The van der Waals surface area contributed by atoms with Crippen LogP contribution in [0.1, 0.15) is 43.2 Å². The molecule has 0 bridgehead atoms. The lowest BCUT2D eigenvalue weighted by atomic mass is 9.94. The molecule has 40 heavy (non-hydrogen) atoms. The molecule has 1 aromatic carbocycles. The molecule has 2 unspecified atom stereocenters. The minimum atomic E-state index is -3.62. The van der Waals surface area contributed by atoms with Gasteiger partial charge >= 0.3 is 0 Å². The van der Waals surface area contributed by atoms with Crippen molar-refractivity contribution in [2.45, 2.75) is 45.7 Å². The van der Waals surface area contributed by atoms with Crippen LogP contribution < -0.4 is 14.9 Å². The molecule has 12 nitrogen and oxygen atoms in total. The quantitative estimate of drug-likeness (QED) is 0.284. The molecule has 212 valence electrons. The van der Waals surface area contributed by atoms with Crippen LogP contribution in [0.25, 0.3) is 11.5 Å². The molecule has 1 aliphatic rings. The Balaban J connectivity index is 1.57. The van der Waals surface area contributed by atoms with E-state index in [9.17, 15) is 8.42 Å². The number of aromatic nitrogens is 5. The van der Waals surface area contributed by atoms with E-state index in [0.717, 1.165) is 22.5 Å². The largest absolute Gasteiger partial charge is 0.426 e. The molecule has 1 aliphatic carbocycles. The molecule has 2 N–H and O–H groups in total. The van der Waals surface area contributed by atoms with Gasteiger partial charge in [0.05, 0.1) is 18.3 Å². The van der Waals surface area contributed by atoms with Crippen LogP contribution in [0.15, 0.2) is 51.6 Å². The van der Waals surface area contributed by atoms with Crippen molar-refractivity contribution in [1.82, 2.24) is 25.4 Å². The summed E-state index contributed by atoms with van der Waals surface area (Å²) in [6.45, 7) is 6.82. The first-order chi connectivity index (χ1) is 18.9. The molecule has 4 aromatic rings. The van der Waals surface area contributed by atoms with E-state index in [4.69, 9.17) is 19.6 Å². The number of hydrogen-bond acceptors (Lipinski definition) is 11. The minimum Gasteiger partial charge on any atom is -0.426 e. The van der Waals surface area contributed by atoms with E-state index in [2.05, 4.69) is 27.3 Å². The lowest BCUT2D eigenvalue weighted by Gasteiger charge is -2.26. The first-order valence-corrected chi connectivity index (χ1v) is 14.9. The topological polar surface area (TPSA) is 157 Å². The summed E-state index contributed by atoms with van der Waals surface area (Å²) in [5, 5.41) is 16.5. The van der Waals surface area contributed by atoms with Crippen LogP contribution in [0.3, 0.4) is 0 Å². The number of nitrogens with two attached hydrogens (primary N) is 1. The highest BCUT2D eigenvalue weighted by Gasteiger charge is 2.36. The normalized spacial score (nSPS) is 18.4. The fourth-order valence-corrected chi connectivity index (χ4v) is 5.18. The van der Waals surface area contributed by atoms with Crippen LogP contribution in [0.4, 0.5) is 11.6 Å². The molecule has 0 spiro atoms. The highest BCUT2D eigenvalue weighted by atomic mass is 32.2. The molecular weight excluding hydrogens is 532 g/mol. The number of benzene rings is 1. The summed E-state index contributed by atoms with van der Waals surface area (Å²) in [5.41, 5.74) is 7.89. The van der Waals surface area contributed by atoms with E-state index >= 15 is 0 Å². The maximum Gasteiger partial charge on any atom is 0.248 e.